The molecule has 0 aromatic heterocycles. The van der Waals surface area contributed by atoms with Crippen molar-refractivity contribution < 1.29 is 14.4 Å². The molecule has 3 unspecified atom stereocenters. The van der Waals surface area contributed by atoms with Gasteiger partial charge in [-0.15, -0.1) is 11.8 Å². The van der Waals surface area contributed by atoms with Gasteiger partial charge in [-0.3, -0.25) is 14.4 Å². The highest BCUT2D eigenvalue weighted by Crippen LogP contribution is 2.66. The Morgan fingerprint density at radius 2 is 1.79 bits per heavy atom. The summed E-state index contributed by atoms with van der Waals surface area (Å²) in [5.41, 5.74) is 2.05. The molecule has 4 nitrogen and oxygen atoms in total. The molecule has 4 aliphatic rings. The van der Waals surface area contributed by atoms with E-state index in [9.17, 15) is 14.4 Å². The van der Waals surface area contributed by atoms with E-state index in [2.05, 4.69) is 47.2 Å². The zero-order valence-corrected chi connectivity index (χ0v) is 21.8. The Balaban J connectivity index is 1.46. The van der Waals surface area contributed by atoms with Crippen LogP contribution in [0.2, 0.25) is 0 Å². The minimum Gasteiger partial charge on any atom is -0.325 e. The molecule has 0 heterocycles. The van der Waals surface area contributed by atoms with Gasteiger partial charge < -0.3 is 5.32 Å². The number of Topliss-reactive ketones (excluding diaryl/α,β-unsaturated/α-hetero) is 1. The van der Waals surface area contributed by atoms with Crippen molar-refractivity contribution in [2.24, 2.45) is 28.6 Å². The second-order valence-corrected chi connectivity index (χ2v) is 12.7. The highest BCUT2D eigenvalue weighted by Gasteiger charge is 2.61. The van der Waals surface area contributed by atoms with E-state index in [4.69, 9.17) is 0 Å². The third kappa shape index (κ3) is 3.95. The molecule has 4 aliphatic carbocycles. The molecule has 33 heavy (non-hydrogen) atoms. The SMILES string of the molecule is C[C@]12CCC(=O)C=C1C[C@@H](Sc1ccc(NC(=O)CBr)cc1)C1C2CC[C@]2(C)C(=O)CCC12. The number of carbonyl (C=O) groups excluding carboxylic acids is 3. The summed E-state index contributed by atoms with van der Waals surface area (Å²) in [4.78, 5) is 38.1. The number of hydrogen-bond donors (Lipinski definition) is 1. The van der Waals surface area contributed by atoms with Crippen molar-refractivity contribution in [3.05, 3.63) is 35.9 Å². The number of anilines is 1. The number of alkyl halides is 1. The van der Waals surface area contributed by atoms with Crippen molar-refractivity contribution in [1.82, 2.24) is 0 Å². The predicted molar refractivity (Wildman–Crippen MR) is 136 cm³/mol. The summed E-state index contributed by atoms with van der Waals surface area (Å²) in [5, 5.41) is 3.51. The maximum Gasteiger partial charge on any atom is 0.235 e. The summed E-state index contributed by atoms with van der Waals surface area (Å²) in [7, 11) is 0. The van der Waals surface area contributed by atoms with E-state index in [1.54, 1.807) is 0 Å². The van der Waals surface area contributed by atoms with Crippen LogP contribution in [0.4, 0.5) is 5.69 Å². The van der Waals surface area contributed by atoms with Gasteiger partial charge >= 0.3 is 0 Å². The van der Waals surface area contributed by atoms with Crippen LogP contribution < -0.4 is 5.32 Å². The van der Waals surface area contributed by atoms with Crippen LogP contribution in [0.15, 0.2) is 40.8 Å². The summed E-state index contributed by atoms with van der Waals surface area (Å²) in [6.07, 6.45) is 8.31. The number of rotatable bonds is 4. The number of thioether (sulfide) groups is 1. The lowest BCUT2D eigenvalue weighted by Gasteiger charge is -2.59. The molecular formula is C27H32BrNO3S. The Morgan fingerprint density at radius 1 is 1.06 bits per heavy atom. The third-order valence-electron chi connectivity index (χ3n) is 9.22. The number of hydrogen-bond acceptors (Lipinski definition) is 4. The van der Waals surface area contributed by atoms with E-state index in [-0.39, 0.29) is 27.9 Å². The van der Waals surface area contributed by atoms with Crippen LogP contribution in [0.25, 0.3) is 0 Å². The molecule has 3 fully saturated rings. The maximum absolute atomic E-state index is 12.9. The maximum atomic E-state index is 12.9. The topological polar surface area (TPSA) is 63.2 Å². The fourth-order valence-electron chi connectivity index (χ4n) is 7.38. The normalized spacial score (nSPS) is 37.6. The molecular weight excluding hydrogens is 498 g/mol. The first-order chi connectivity index (χ1) is 15.7. The average molecular weight is 531 g/mol. The Hall–Kier alpha value is -1.40. The Kier molecular flexibility index (Phi) is 6.14. The van der Waals surface area contributed by atoms with E-state index < -0.39 is 0 Å². The summed E-state index contributed by atoms with van der Waals surface area (Å²) >= 11 is 5.09. The molecule has 6 atom stereocenters. The number of amides is 1. The van der Waals surface area contributed by atoms with Gasteiger partial charge in [0.25, 0.3) is 0 Å². The second kappa shape index (κ2) is 8.67. The summed E-state index contributed by atoms with van der Waals surface area (Å²) in [6, 6.07) is 8.08. The molecule has 1 amide bonds. The average Bonchev–Trinajstić information content (AvgIpc) is 3.10. The molecule has 6 heteroatoms. The van der Waals surface area contributed by atoms with Crippen molar-refractivity contribution in [3.63, 3.8) is 0 Å². The van der Waals surface area contributed by atoms with Gasteiger partial charge in [-0.2, -0.15) is 0 Å². The van der Waals surface area contributed by atoms with Gasteiger partial charge in [0.05, 0.1) is 5.33 Å². The molecule has 0 bridgehead atoms. The summed E-state index contributed by atoms with van der Waals surface area (Å²) < 4.78 is 0. The number of allylic oxidation sites excluding steroid dienone is 1. The number of carbonyl (C=O) groups is 3. The summed E-state index contributed by atoms with van der Waals surface area (Å²) in [5.74, 6) is 2.13. The smallest absolute Gasteiger partial charge is 0.235 e. The first-order valence-corrected chi connectivity index (χ1v) is 14.1. The van der Waals surface area contributed by atoms with Gasteiger partial charge in [0, 0.05) is 34.1 Å². The van der Waals surface area contributed by atoms with E-state index in [0.29, 0.717) is 35.2 Å². The van der Waals surface area contributed by atoms with E-state index in [1.165, 1.54) is 10.5 Å². The lowest BCUT2D eigenvalue weighted by molar-refractivity contribution is -0.132. The predicted octanol–water partition coefficient (Wildman–Crippen LogP) is 6.19. The van der Waals surface area contributed by atoms with Crippen molar-refractivity contribution in [3.8, 4) is 0 Å². The van der Waals surface area contributed by atoms with Crippen LogP contribution in [-0.2, 0) is 14.4 Å². The molecule has 176 valence electrons. The van der Waals surface area contributed by atoms with E-state index in [1.807, 2.05) is 30.0 Å². The van der Waals surface area contributed by atoms with Crippen molar-refractivity contribution in [2.75, 3.05) is 10.6 Å². The first kappa shape index (κ1) is 23.3. The summed E-state index contributed by atoms with van der Waals surface area (Å²) in [6.45, 7) is 4.62. The Morgan fingerprint density at radius 3 is 2.52 bits per heavy atom. The van der Waals surface area contributed by atoms with Crippen LogP contribution in [0.3, 0.4) is 0 Å². The van der Waals surface area contributed by atoms with Gasteiger partial charge in [-0.25, -0.2) is 0 Å². The highest BCUT2D eigenvalue weighted by atomic mass is 79.9. The lowest BCUT2D eigenvalue weighted by atomic mass is 9.47. The standard InChI is InChI=1S/C27H32BrNO3S/c1-26-11-9-18(30)13-16(26)14-22(33-19-5-3-17(4-6-19)29-24(32)15-28)25-20-7-8-23(31)27(20,2)12-10-21(25)26/h3-6,13,20-22,25H,7-12,14-15H2,1-2H3,(H,29,32)/t20?,21?,22-,25?,26+,27+/m1/s1. The number of benzene rings is 1. The number of nitrogens with one attached hydrogen (secondary N) is 1. The van der Waals surface area contributed by atoms with Crippen LogP contribution in [-0.4, -0.2) is 28.1 Å². The minimum atomic E-state index is -0.175. The second-order valence-electron chi connectivity index (χ2n) is 10.8. The number of fused-ring (bicyclic) bond motifs is 5. The van der Waals surface area contributed by atoms with E-state index in [0.717, 1.165) is 44.2 Å². The van der Waals surface area contributed by atoms with Gasteiger partial charge in [0.15, 0.2) is 5.78 Å². The first-order valence-electron chi connectivity index (χ1n) is 12.1. The number of ketones is 2. The van der Waals surface area contributed by atoms with Crippen LogP contribution in [0, 0.1) is 28.6 Å². The Labute approximate surface area is 208 Å². The van der Waals surface area contributed by atoms with Crippen LogP contribution >= 0.6 is 27.7 Å². The van der Waals surface area contributed by atoms with Gasteiger partial charge in [-0.1, -0.05) is 35.4 Å². The van der Waals surface area contributed by atoms with Gasteiger partial charge in [-0.05, 0) is 85.6 Å². The number of halogens is 1. The van der Waals surface area contributed by atoms with Crippen molar-refractivity contribution in [1.29, 1.82) is 0 Å². The highest BCUT2D eigenvalue weighted by molar-refractivity contribution is 9.09. The molecule has 0 saturated heterocycles. The van der Waals surface area contributed by atoms with Gasteiger partial charge in [0.1, 0.15) is 5.78 Å². The molecule has 0 spiro atoms. The molecule has 5 rings (SSSR count). The lowest BCUT2D eigenvalue weighted by Crippen LogP contribution is -2.54. The van der Waals surface area contributed by atoms with Crippen molar-refractivity contribution >= 4 is 50.9 Å². The fraction of sp³-hybridized carbons (Fsp3) is 0.593. The Bertz CT molecular complexity index is 1020. The molecule has 1 aromatic carbocycles. The fourth-order valence-corrected chi connectivity index (χ4v) is 8.96. The molecule has 0 aliphatic heterocycles. The van der Waals surface area contributed by atoms with Crippen molar-refractivity contribution in [2.45, 2.75) is 68.9 Å². The minimum absolute atomic E-state index is 0.0638. The monoisotopic (exact) mass is 529 g/mol. The van der Waals surface area contributed by atoms with Crippen LogP contribution in [0.5, 0.6) is 0 Å². The molecule has 3 saturated carbocycles. The van der Waals surface area contributed by atoms with Gasteiger partial charge in [0.2, 0.25) is 5.91 Å². The third-order valence-corrected chi connectivity index (χ3v) is 11.1. The van der Waals surface area contributed by atoms with Crippen LogP contribution in [0.1, 0.15) is 58.8 Å². The zero-order valence-electron chi connectivity index (χ0n) is 19.4. The molecule has 1 aromatic rings. The quantitative estimate of drug-likeness (QED) is 0.472. The largest absolute Gasteiger partial charge is 0.325 e. The molecule has 1 N–H and O–H groups in total. The molecule has 0 radical (unpaired) electrons. The zero-order chi connectivity index (χ0) is 23.4. The van der Waals surface area contributed by atoms with E-state index >= 15 is 0 Å².